The van der Waals surface area contributed by atoms with Crippen LogP contribution in [0.1, 0.15) is 18.5 Å². The van der Waals surface area contributed by atoms with Crippen LogP contribution in [0.15, 0.2) is 30.5 Å². The second-order valence-electron chi connectivity index (χ2n) is 6.19. The molecule has 0 fully saturated rings. The molecule has 0 aliphatic heterocycles. The molecule has 10 heteroatoms. The Hall–Kier alpha value is -3.04. The highest BCUT2D eigenvalue weighted by molar-refractivity contribution is 5.73. The van der Waals surface area contributed by atoms with E-state index in [0.29, 0.717) is 28.6 Å². The van der Waals surface area contributed by atoms with Crippen molar-refractivity contribution in [2.45, 2.75) is 25.9 Å². The maximum atomic E-state index is 13.4. The summed E-state index contributed by atoms with van der Waals surface area (Å²) in [7, 11) is 1.42. The van der Waals surface area contributed by atoms with E-state index in [4.69, 9.17) is 4.74 Å². The number of halogens is 4. The SMILES string of the molecule is COc1cc(F)ccc1Nc1cc(NCCCC(F)(F)F)c2ncc(C)n2n1. The number of imidazole rings is 1. The van der Waals surface area contributed by atoms with Gasteiger partial charge >= 0.3 is 6.18 Å². The Labute approximate surface area is 158 Å². The van der Waals surface area contributed by atoms with E-state index in [1.807, 2.05) is 6.92 Å². The molecule has 2 N–H and O–H groups in total. The first-order chi connectivity index (χ1) is 13.3. The van der Waals surface area contributed by atoms with Crippen LogP contribution in [-0.2, 0) is 0 Å². The van der Waals surface area contributed by atoms with Gasteiger partial charge in [0.15, 0.2) is 11.5 Å². The number of rotatable bonds is 7. The van der Waals surface area contributed by atoms with E-state index < -0.39 is 18.4 Å². The molecule has 3 rings (SSSR count). The third-order valence-corrected chi connectivity index (χ3v) is 4.02. The smallest absolute Gasteiger partial charge is 0.389 e. The number of aromatic nitrogens is 3. The third-order valence-electron chi connectivity index (χ3n) is 4.02. The molecule has 0 saturated carbocycles. The van der Waals surface area contributed by atoms with Gasteiger partial charge in [-0.05, 0) is 25.5 Å². The first-order valence-electron chi connectivity index (χ1n) is 8.53. The number of alkyl halides is 3. The van der Waals surface area contributed by atoms with Gasteiger partial charge in [-0.2, -0.15) is 13.2 Å². The van der Waals surface area contributed by atoms with Crippen molar-refractivity contribution < 1.29 is 22.3 Å². The fourth-order valence-corrected chi connectivity index (χ4v) is 2.69. The van der Waals surface area contributed by atoms with Crippen molar-refractivity contribution in [1.29, 1.82) is 0 Å². The predicted molar refractivity (Wildman–Crippen MR) is 97.7 cm³/mol. The average Bonchev–Trinajstić information content (AvgIpc) is 3.00. The van der Waals surface area contributed by atoms with E-state index in [1.54, 1.807) is 16.8 Å². The van der Waals surface area contributed by atoms with Crippen molar-refractivity contribution in [3.05, 3.63) is 42.0 Å². The van der Waals surface area contributed by atoms with Crippen LogP contribution in [0, 0.1) is 12.7 Å². The van der Waals surface area contributed by atoms with Crippen molar-refractivity contribution in [2.24, 2.45) is 0 Å². The van der Waals surface area contributed by atoms with Crippen LogP contribution >= 0.6 is 0 Å². The van der Waals surface area contributed by atoms with E-state index in [0.717, 1.165) is 5.69 Å². The second kappa shape index (κ2) is 7.91. The van der Waals surface area contributed by atoms with Gasteiger partial charge in [0.25, 0.3) is 0 Å². The summed E-state index contributed by atoms with van der Waals surface area (Å²) < 4.78 is 57.1. The summed E-state index contributed by atoms with van der Waals surface area (Å²) in [5.74, 6) is 0.254. The van der Waals surface area contributed by atoms with Crippen LogP contribution in [0.25, 0.3) is 5.65 Å². The summed E-state index contributed by atoms with van der Waals surface area (Å²) in [5.41, 5.74) is 2.29. The van der Waals surface area contributed by atoms with Crippen molar-refractivity contribution >= 4 is 22.8 Å². The molecule has 0 amide bonds. The number of aryl methyl sites for hydroxylation is 1. The number of hydrogen-bond donors (Lipinski definition) is 2. The zero-order chi connectivity index (χ0) is 20.3. The first-order valence-corrected chi connectivity index (χ1v) is 8.53. The molecule has 0 atom stereocenters. The Morgan fingerprint density at radius 1 is 1.18 bits per heavy atom. The largest absolute Gasteiger partial charge is 0.494 e. The van der Waals surface area contributed by atoms with Gasteiger partial charge in [0.05, 0.1) is 30.4 Å². The van der Waals surface area contributed by atoms with Gasteiger partial charge in [-0.25, -0.2) is 13.9 Å². The van der Waals surface area contributed by atoms with Gasteiger partial charge in [0, 0.05) is 25.1 Å². The molecular formula is C18H19F4N5O. The Morgan fingerprint density at radius 2 is 1.96 bits per heavy atom. The molecule has 0 spiro atoms. The minimum absolute atomic E-state index is 0.0633. The van der Waals surface area contributed by atoms with Crippen LogP contribution < -0.4 is 15.4 Å². The Balaban J connectivity index is 1.86. The van der Waals surface area contributed by atoms with Gasteiger partial charge in [0.1, 0.15) is 11.6 Å². The molecule has 0 aliphatic rings. The average molecular weight is 397 g/mol. The molecule has 150 valence electrons. The van der Waals surface area contributed by atoms with Crippen molar-refractivity contribution in [2.75, 3.05) is 24.3 Å². The Kier molecular flexibility index (Phi) is 5.57. The first kappa shape index (κ1) is 19.7. The number of ether oxygens (including phenoxy) is 1. The fourth-order valence-electron chi connectivity index (χ4n) is 2.69. The van der Waals surface area contributed by atoms with Crippen LogP contribution in [0.3, 0.4) is 0 Å². The third kappa shape index (κ3) is 4.62. The van der Waals surface area contributed by atoms with E-state index in [-0.39, 0.29) is 13.0 Å². The van der Waals surface area contributed by atoms with Crippen molar-refractivity contribution in [3.63, 3.8) is 0 Å². The number of nitrogens with one attached hydrogen (secondary N) is 2. The molecule has 6 nitrogen and oxygen atoms in total. The zero-order valence-corrected chi connectivity index (χ0v) is 15.3. The Bertz CT molecular complexity index is 970. The predicted octanol–water partition coefficient (Wildman–Crippen LogP) is 4.68. The molecule has 2 heterocycles. The van der Waals surface area contributed by atoms with E-state index >= 15 is 0 Å². The lowest BCUT2D eigenvalue weighted by Crippen LogP contribution is -2.12. The lowest BCUT2D eigenvalue weighted by Gasteiger charge is -2.14. The van der Waals surface area contributed by atoms with E-state index in [2.05, 4.69) is 20.7 Å². The van der Waals surface area contributed by atoms with E-state index in [1.165, 1.54) is 25.3 Å². The number of nitrogens with zero attached hydrogens (tertiary/aromatic N) is 3. The molecule has 0 unspecified atom stereocenters. The molecule has 0 radical (unpaired) electrons. The summed E-state index contributed by atoms with van der Waals surface area (Å²) in [4.78, 5) is 4.25. The maximum Gasteiger partial charge on any atom is 0.389 e. The van der Waals surface area contributed by atoms with Crippen LogP contribution in [0.2, 0.25) is 0 Å². The number of fused-ring (bicyclic) bond motifs is 1. The number of benzene rings is 1. The van der Waals surface area contributed by atoms with Crippen LogP contribution in [0.4, 0.5) is 34.8 Å². The maximum absolute atomic E-state index is 13.4. The van der Waals surface area contributed by atoms with Gasteiger partial charge in [-0.3, -0.25) is 0 Å². The molecule has 0 bridgehead atoms. The molecule has 0 saturated heterocycles. The van der Waals surface area contributed by atoms with Crippen molar-refractivity contribution in [1.82, 2.24) is 14.6 Å². The molecular weight excluding hydrogens is 378 g/mol. The molecule has 1 aromatic carbocycles. The van der Waals surface area contributed by atoms with Crippen molar-refractivity contribution in [3.8, 4) is 5.75 Å². The highest BCUT2D eigenvalue weighted by Gasteiger charge is 2.26. The minimum atomic E-state index is -4.19. The molecule has 28 heavy (non-hydrogen) atoms. The van der Waals surface area contributed by atoms with Gasteiger partial charge in [-0.15, -0.1) is 5.10 Å². The van der Waals surface area contributed by atoms with Crippen LogP contribution in [-0.4, -0.2) is 34.4 Å². The highest BCUT2D eigenvalue weighted by atomic mass is 19.4. The standard InChI is InChI=1S/C18H19F4N5O/c1-11-10-24-17-14(23-7-3-6-18(20,21)22)9-16(26-27(11)17)25-13-5-4-12(19)8-15(13)28-2/h4-5,8-10,23H,3,6-7H2,1-2H3,(H,25,26). The fraction of sp³-hybridized carbons (Fsp3) is 0.333. The number of methoxy groups -OCH3 is 1. The van der Waals surface area contributed by atoms with Gasteiger partial charge < -0.3 is 15.4 Å². The topological polar surface area (TPSA) is 63.5 Å². The van der Waals surface area contributed by atoms with Gasteiger partial charge in [0.2, 0.25) is 0 Å². The molecule has 2 aromatic heterocycles. The van der Waals surface area contributed by atoms with E-state index in [9.17, 15) is 17.6 Å². The monoisotopic (exact) mass is 397 g/mol. The zero-order valence-electron chi connectivity index (χ0n) is 15.3. The summed E-state index contributed by atoms with van der Waals surface area (Å²) in [6, 6.07) is 5.66. The minimum Gasteiger partial charge on any atom is -0.494 e. The quantitative estimate of drug-likeness (QED) is 0.448. The summed E-state index contributed by atoms with van der Waals surface area (Å²) in [5, 5.41) is 10.5. The lowest BCUT2D eigenvalue weighted by molar-refractivity contribution is -0.134. The van der Waals surface area contributed by atoms with Gasteiger partial charge in [-0.1, -0.05) is 0 Å². The van der Waals surface area contributed by atoms with Crippen LogP contribution in [0.5, 0.6) is 5.75 Å². The number of anilines is 3. The highest BCUT2D eigenvalue weighted by Crippen LogP contribution is 2.29. The second-order valence-corrected chi connectivity index (χ2v) is 6.19. The summed E-state index contributed by atoms with van der Waals surface area (Å²) in [6.07, 6.45) is -3.50. The summed E-state index contributed by atoms with van der Waals surface area (Å²) >= 11 is 0. The normalized spacial score (nSPS) is 11.6. The number of hydrogen-bond acceptors (Lipinski definition) is 5. The lowest BCUT2D eigenvalue weighted by atomic mass is 10.2. The molecule has 0 aliphatic carbocycles. The molecule has 3 aromatic rings. The Morgan fingerprint density at radius 3 is 2.68 bits per heavy atom. The summed E-state index contributed by atoms with van der Waals surface area (Å²) in [6.45, 7) is 1.94.